The molecule has 0 amide bonds. The van der Waals surface area contributed by atoms with Crippen molar-refractivity contribution in [1.29, 1.82) is 0 Å². The molecular formula is C16H24INO. The lowest BCUT2D eigenvalue weighted by molar-refractivity contribution is -0.101. The van der Waals surface area contributed by atoms with Gasteiger partial charge >= 0.3 is 0 Å². The summed E-state index contributed by atoms with van der Waals surface area (Å²) in [5.74, 6) is 0.646. The van der Waals surface area contributed by atoms with Crippen LogP contribution in [0.5, 0.6) is 0 Å². The van der Waals surface area contributed by atoms with Crippen LogP contribution in [0.2, 0.25) is 0 Å². The Morgan fingerprint density at radius 3 is 2.58 bits per heavy atom. The van der Waals surface area contributed by atoms with Crippen molar-refractivity contribution in [3.8, 4) is 0 Å². The highest BCUT2D eigenvalue weighted by Crippen LogP contribution is 2.50. The fourth-order valence-electron chi connectivity index (χ4n) is 3.57. The van der Waals surface area contributed by atoms with Crippen molar-refractivity contribution >= 4 is 22.6 Å². The van der Waals surface area contributed by atoms with E-state index < -0.39 is 5.60 Å². The highest BCUT2D eigenvalue weighted by atomic mass is 127. The lowest BCUT2D eigenvalue weighted by Crippen LogP contribution is -2.51. The van der Waals surface area contributed by atoms with Gasteiger partial charge in [-0.3, -0.25) is 0 Å². The second kappa shape index (κ2) is 5.70. The molecule has 0 aromatic heterocycles. The molecule has 3 unspecified atom stereocenters. The van der Waals surface area contributed by atoms with E-state index in [4.69, 9.17) is 5.73 Å². The summed E-state index contributed by atoms with van der Waals surface area (Å²) in [4.78, 5) is 0. The Morgan fingerprint density at radius 2 is 2.05 bits per heavy atom. The average Bonchev–Trinajstić information content (AvgIpc) is 2.39. The number of hydrogen-bond donors (Lipinski definition) is 2. The zero-order chi connectivity index (χ0) is 14.1. The standard InChI is InChI=1S/C16H24INO/c1-12-4-3-9-16(10-12,11-18)15(2,19)13-5-7-14(17)8-6-13/h5-8,12,19H,3-4,9-11,18H2,1-2H3. The van der Waals surface area contributed by atoms with Crippen LogP contribution < -0.4 is 5.73 Å². The van der Waals surface area contributed by atoms with E-state index in [1.165, 1.54) is 16.4 Å². The molecule has 2 rings (SSSR count). The number of hydrogen-bond acceptors (Lipinski definition) is 2. The van der Waals surface area contributed by atoms with Crippen molar-refractivity contribution in [1.82, 2.24) is 0 Å². The molecule has 1 aromatic carbocycles. The first-order chi connectivity index (χ1) is 8.91. The molecule has 3 atom stereocenters. The van der Waals surface area contributed by atoms with E-state index in [0.29, 0.717) is 12.5 Å². The Labute approximate surface area is 129 Å². The Kier molecular flexibility index (Phi) is 4.58. The van der Waals surface area contributed by atoms with Gasteiger partial charge in [-0.25, -0.2) is 0 Å². The predicted octanol–water partition coefficient (Wildman–Crippen LogP) is 3.65. The third kappa shape index (κ3) is 2.83. The zero-order valence-electron chi connectivity index (χ0n) is 11.8. The van der Waals surface area contributed by atoms with E-state index in [0.717, 1.165) is 18.4 Å². The van der Waals surface area contributed by atoms with Crippen molar-refractivity contribution in [2.45, 2.75) is 45.1 Å². The summed E-state index contributed by atoms with van der Waals surface area (Å²) in [6, 6.07) is 8.19. The minimum atomic E-state index is -0.846. The summed E-state index contributed by atoms with van der Waals surface area (Å²) in [5.41, 5.74) is 6.06. The summed E-state index contributed by atoms with van der Waals surface area (Å²) in [6.07, 6.45) is 4.46. The van der Waals surface area contributed by atoms with Crippen LogP contribution in [-0.2, 0) is 5.60 Å². The van der Waals surface area contributed by atoms with Crippen LogP contribution in [0.25, 0.3) is 0 Å². The molecule has 1 aliphatic carbocycles. The maximum absolute atomic E-state index is 11.2. The van der Waals surface area contributed by atoms with Gasteiger partial charge in [0.25, 0.3) is 0 Å². The number of nitrogens with two attached hydrogens (primary N) is 1. The SMILES string of the molecule is CC1CCCC(CN)(C(C)(O)c2ccc(I)cc2)C1. The predicted molar refractivity (Wildman–Crippen MR) is 87.8 cm³/mol. The van der Waals surface area contributed by atoms with Crippen LogP contribution in [0.1, 0.15) is 45.1 Å². The summed E-state index contributed by atoms with van der Waals surface area (Å²) in [5, 5.41) is 11.2. The van der Waals surface area contributed by atoms with Gasteiger partial charge in [0.15, 0.2) is 0 Å². The Morgan fingerprint density at radius 1 is 1.42 bits per heavy atom. The van der Waals surface area contributed by atoms with Gasteiger partial charge in [-0.15, -0.1) is 0 Å². The van der Waals surface area contributed by atoms with Gasteiger partial charge in [-0.2, -0.15) is 0 Å². The maximum atomic E-state index is 11.2. The van der Waals surface area contributed by atoms with E-state index in [-0.39, 0.29) is 5.41 Å². The monoisotopic (exact) mass is 373 g/mol. The van der Waals surface area contributed by atoms with Crippen LogP contribution in [0.3, 0.4) is 0 Å². The van der Waals surface area contributed by atoms with Crippen molar-refractivity contribution in [3.05, 3.63) is 33.4 Å². The quantitative estimate of drug-likeness (QED) is 0.795. The van der Waals surface area contributed by atoms with E-state index in [1.54, 1.807) is 0 Å². The van der Waals surface area contributed by atoms with E-state index >= 15 is 0 Å². The highest BCUT2D eigenvalue weighted by Gasteiger charge is 2.48. The molecule has 0 aliphatic heterocycles. The van der Waals surface area contributed by atoms with Crippen molar-refractivity contribution < 1.29 is 5.11 Å². The van der Waals surface area contributed by atoms with Crippen LogP contribution in [-0.4, -0.2) is 11.7 Å². The van der Waals surface area contributed by atoms with E-state index in [2.05, 4.69) is 41.6 Å². The molecule has 3 heteroatoms. The summed E-state index contributed by atoms with van der Waals surface area (Å²) >= 11 is 2.29. The summed E-state index contributed by atoms with van der Waals surface area (Å²) < 4.78 is 1.19. The van der Waals surface area contributed by atoms with Crippen molar-refractivity contribution in [2.24, 2.45) is 17.1 Å². The molecule has 19 heavy (non-hydrogen) atoms. The lowest BCUT2D eigenvalue weighted by atomic mass is 9.59. The van der Waals surface area contributed by atoms with Crippen LogP contribution in [0.4, 0.5) is 0 Å². The lowest BCUT2D eigenvalue weighted by Gasteiger charge is -2.49. The number of benzene rings is 1. The molecule has 1 aliphatic rings. The summed E-state index contributed by atoms with van der Waals surface area (Å²) in [6.45, 7) is 4.77. The fourth-order valence-corrected chi connectivity index (χ4v) is 3.93. The van der Waals surface area contributed by atoms with Gasteiger partial charge in [-0.1, -0.05) is 31.9 Å². The minimum absolute atomic E-state index is 0.183. The van der Waals surface area contributed by atoms with Gasteiger partial charge < -0.3 is 10.8 Å². The van der Waals surface area contributed by atoms with Gasteiger partial charge in [-0.05, 0) is 66.0 Å². The Bertz CT molecular complexity index is 429. The van der Waals surface area contributed by atoms with Crippen LogP contribution >= 0.6 is 22.6 Å². The first-order valence-corrected chi connectivity index (χ1v) is 8.18. The molecule has 0 heterocycles. The molecule has 106 valence electrons. The number of rotatable bonds is 3. The molecule has 1 fully saturated rings. The van der Waals surface area contributed by atoms with Gasteiger partial charge in [0.05, 0.1) is 5.60 Å². The Balaban J connectivity index is 2.37. The highest BCUT2D eigenvalue weighted by molar-refractivity contribution is 14.1. The topological polar surface area (TPSA) is 46.2 Å². The smallest absolute Gasteiger partial charge is 0.0936 e. The third-order valence-electron chi connectivity index (χ3n) is 4.92. The van der Waals surface area contributed by atoms with Gasteiger partial charge in [0, 0.05) is 15.5 Å². The Hall–Kier alpha value is -0.130. The number of halogens is 1. The van der Waals surface area contributed by atoms with Crippen molar-refractivity contribution in [3.63, 3.8) is 0 Å². The molecular weight excluding hydrogens is 349 g/mol. The minimum Gasteiger partial charge on any atom is -0.385 e. The van der Waals surface area contributed by atoms with E-state index in [1.807, 2.05) is 19.1 Å². The fraction of sp³-hybridized carbons (Fsp3) is 0.625. The summed E-state index contributed by atoms with van der Waals surface area (Å²) in [7, 11) is 0. The second-order valence-electron chi connectivity index (χ2n) is 6.27. The first-order valence-electron chi connectivity index (χ1n) is 7.10. The molecule has 1 aromatic rings. The first kappa shape index (κ1) is 15.3. The molecule has 0 bridgehead atoms. The van der Waals surface area contributed by atoms with Gasteiger partial charge in [0.1, 0.15) is 0 Å². The molecule has 3 N–H and O–H groups in total. The molecule has 0 saturated heterocycles. The second-order valence-corrected chi connectivity index (χ2v) is 7.51. The molecule has 0 spiro atoms. The molecule has 0 radical (unpaired) electrons. The van der Waals surface area contributed by atoms with Gasteiger partial charge in [0.2, 0.25) is 0 Å². The largest absolute Gasteiger partial charge is 0.385 e. The molecule has 2 nitrogen and oxygen atoms in total. The van der Waals surface area contributed by atoms with Crippen LogP contribution in [0, 0.1) is 14.9 Å². The zero-order valence-corrected chi connectivity index (χ0v) is 14.0. The van der Waals surface area contributed by atoms with Crippen molar-refractivity contribution in [2.75, 3.05) is 6.54 Å². The normalized spacial score (nSPS) is 30.9. The average molecular weight is 373 g/mol. The molecule has 1 saturated carbocycles. The van der Waals surface area contributed by atoms with E-state index in [9.17, 15) is 5.11 Å². The maximum Gasteiger partial charge on any atom is 0.0936 e. The van der Waals surface area contributed by atoms with Crippen LogP contribution in [0.15, 0.2) is 24.3 Å². The third-order valence-corrected chi connectivity index (χ3v) is 5.64. The number of aliphatic hydroxyl groups is 1.